The number of aliphatic carboxylic acids is 1. The molecule has 3 aromatic rings. The molecule has 0 aliphatic rings. The minimum absolute atomic E-state index is 0.663. The molecule has 22 heavy (non-hydrogen) atoms. The van der Waals surface area contributed by atoms with Crippen molar-refractivity contribution in [2.45, 2.75) is 24.1 Å². The maximum Gasteiger partial charge on any atom is 0.128 e. The first kappa shape index (κ1) is 15.0. The van der Waals surface area contributed by atoms with Crippen molar-refractivity contribution in [1.29, 1.82) is 0 Å². The van der Waals surface area contributed by atoms with E-state index >= 15 is 0 Å². The largest absolute Gasteiger partial charge is 0.549 e. The van der Waals surface area contributed by atoms with Crippen LogP contribution in [0.1, 0.15) is 12.5 Å². The molecule has 0 radical (unpaired) electrons. The van der Waals surface area contributed by atoms with Gasteiger partial charge in [0.25, 0.3) is 0 Å². The van der Waals surface area contributed by atoms with Crippen LogP contribution in [0.5, 0.6) is 0 Å². The number of aromatic nitrogens is 2. The number of hydrogen-bond acceptors (Lipinski definition) is 6. The van der Waals surface area contributed by atoms with Gasteiger partial charge >= 0.3 is 0 Å². The van der Waals surface area contributed by atoms with Gasteiger partial charge in [-0.1, -0.05) is 41.6 Å². The summed E-state index contributed by atoms with van der Waals surface area (Å²) in [4.78, 5) is 20.4. The van der Waals surface area contributed by atoms with Gasteiger partial charge in [0.2, 0.25) is 0 Å². The zero-order chi connectivity index (χ0) is 15.7. The average Bonchev–Trinajstić information content (AvgIpc) is 2.93. The van der Waals surface area contributed by atoms with E-state index in [-0.39, 0.29) is 0 Å². The van der Waals surface area contributed by atoms with Crippen LogP contribution >= 0.6 is 23.1 Å². The van der Waals surface area contributed by atoms with E-state index in [0.29, 0.717) is 5.03 Å². The van der Waals surface area contributed by atoms with Gasteiger partial charge in [-0.3, -0.25) is 0 Å². The van der Waals surface area contributed by atoms with Crippen LogP contribution < -0.4 is 5.11 Å². The molecule has 0 spiro atoms. The SMILES string of the molecule is Cc1ccc(-c2csc3ncnc(S[C@@H](C)C(=O)[O-])c23)cc1. The van der Waals surface area contributed by atoms with Crippen LogP contribution in [-0.4, -0.2) is 21.2 Å². The lowest BCUT2D eigenvalue weighted by Gasteiger charge is -2.12. The van der Waals surface area contributed by atoms with Crippen LogP contribution in [0.25, 0.3) is 21.3 Å². The summed E-state index contributed by atoms with van der Waals surface area (Å²) in [5.41, 5.74) is 3.31. The third-order valence-electron chi connectivity index (χ3n) is 3.32. The van der Waals surface area contributed by atoms with Gasteiger partial charge in [-0.05, 0) is 19.4 Å². The molecule has 2 heterocycles. The van der Waals surface area contributed by atoms with E-state index in [1.165, 1.54) is 35.0 Å². The third kappa shape index (κ3) is 2.84. The van der Waals surface area contributed by atoms with Crippen LogP contribution in [0.2, 0.25) is 0 Å². The van der Waals surface area contributed by atoms with Crippen molar-refractivity contribution >= 4 is 39.3 Å². The van der Waals surface area contributed by atoms with Gasteiger partial charge in [-0.25, -0.2) is 9.97 Å². The van der Waals surface area contributed by atoms with Gasteiger partial charge in [0.1, 0.15) is 16.2 Å². The van der Waals surface area contributed by atoms with E-state index in [2.05, 4.69) is 34.2 Å². The number of fused-ring (bicyclic) bond motifs is 1. The highest BCUT2D eigenvalue weighted by molar-refractivity contribution is 8.00. The second-order valence-corrected chi connectivity index (χ2v) is 7.14. The molecule has 0 aliphatic carbocycles. The number of carboxylic acids is 1. The minimum Gasteiger partial charge on any atom is -0.549 e. The molecule has 1 aromatic carbocycles. The highest BCUT2D eigenvalue weighted by Crippen LogP contribution is 2.38. The van der Waals surface area contributed by atoms with Crippen LogP contribution in [-0.2, 0) is 4.79 Å². The van der Waals surface area contributed by atoms with Crippen LogP contribution in [0.15, 0.2) is 41.0 Å². The molecule has 1 atom stereocenters. The Morgan fingerprint density at radius 2 is 2.00 bits per heavy atom. The molecule has 6 heteroatoms. The second kappa shape index (κ2) is 6.06. The number of rotatable bonds is 4. The molecule has 112 valence electrons. The van der Waals surface area contributed by atoms with Crippen molar-refractivity contribution in [2.75, 3.05) is 0 Å². The number of carbonyl (C=O) groups is 1. The van der Waals surface area contributed by atoms with E-state index in [1.807, 2.05) is 12.3 Å². The smallest absolute Gasteiger partial charge is 0.128 e. The van der Waals surface area contributed by atoms with Gasteiger partial charge in [0.05, 0.1) is 11.4 Å². The highest BCUT2D eigenvalue weighted by Gasteiger charge is 2.16. The van der Waals surface area contributed by atoms with E-state index in [0.717, 1.165) is 21.3 Å². The Morgan fingerprint density at radius 1 is 1.27 bits per heavy atom. The average molecular weight is 329 g/mol. The minimum atomic E-state index is -1.09. The number of thioether (sulfide) groups is 1. The van der Waals surface area contributed by atoms with E-state index in [1.54, 1.807) is 6.92 Å². The van der Waals surface area contributed by atoms with Crippen molar-refractivity contribution in [3.8, 4) is 11.1 Å². The Hall–Kier alpha value is -1.92. The van der Waals surface area contributed by atoms with Crippen molar-refractivity contribution in [3.05, 3.63) is 41.5 Å². The molecule has 0 aliphatic heterocycles. The summed E-state index contributed by atoms with van der Waals surface area (Å²) >= 11 is 2.73. The number of carboxylic acid groups (broad SMARTS) is 1. The fourth-order valence-electron chi connectivity index (χ4n) is 2.10. The first-order valence-electron chi connectivity index (χ1n) is 6.73. The van der Waals surface area contributed by atoms with Gasteiger partial charge < -0.3 is 9.90 Å². The van der Waals surface area contributed by atoms with Crippen LogP contribution in [0, 0.1) is 6.92 Å². The summed E-state index contributed by atoms with van der Waals surface area (Å²) in [6.45, 7) is 3.65. The quantitative estimate of drug-likeness (QED) is 0.544. The van der Waals surface area contributed by atoms with Gasteiger partial charge in [0.15, 0.2) is 0 Å². The number of carbonyl (C=O) groups excluding carboxylic acids is 1. The van der Waals surface area contributed by atoms with Crippen LogP contribution in [0.3, 0.4) is 0 Å². The number of benzene rings is 1. The third-order valence-corrected chi connectivity index (χ3v) is 5.28. The summed E-state index contributed by atoms with van der Waals surface area (Å²) in [7, 11) is 0. The molecule has 0 N–H and O–H groups in total. The summed E-state index contributed by atoms with van der Waals surface area (Å²) < 4.78 is 0. The monoisotopic (exact) mass is 329 g/mol. The van der Waals surface area contributed by atoms with E-state index in [4.69, 9.17) is 0 Å². The lowest BCUT2D eigenvalue weighted by molar-refractivity contribution is -0.304. The molecule has 0 unspecified atom stereocenters. The Kier molecular flexibility index (Phi) is 4.13. The molecule has 0 fully saturated rings. The fourth-order valence-corrected chi connectivity index (χ4v) is 3.94. The molecule has 4 nitrogen and oxygen atoms in total. The maximum atomic E-state index is 11.0. The molecule has 0 saturated carbocycles. The molecule has 0 bridgehead atoms. The van der Waals surface area contributed by atoms with E-state index in [9.17, 15) is 9.90 Å². The van der Waals surface area contributed by atoms with Crippen molar-refractivity contribution in [2.24, 2.45) is 0 Å². The first-order valence-corrected chi connectivity index (χ1v) is 8.49. The second-order valence-electron chi connectivity index (χ2n) is 4.95. The number of nitrogens with zero attached hydrogens (tertiary/aromatic N) is 2. The zero-order valence-corrected chi connectivity index (χ0v) is 13.7. The maximum absolute atomic E-state index is 11.0. The molecule has 2 aromatic heterocycles. The summed E-state index contributed by atoms with van der Waals surface area (Å²) in [5, 5.41) is 14.0. The van der Waals surface area contributed by atoms with Gasteiger partial charge in [0, 0.05) is 16.2 Å². The fraction of sp³-hybridized carbons (Fsp3) is 0.188. The lowest BCUT2D eigenvalue weighted by Crippen LogP contribution is -2.31. The van der Waals surface area contributed by atoms with Gasteiger partial charge in [-0.15, -0.1) is 11.3 Å². The van der Waals surface area contributed by atoms with E-state index < -0.39 is 11.2 Å². The molecule has 3 rings (SSSR count). The highest BCUT2D eigenvalue weighted by atomic mass is 32.2. The molecular formula is C16H13N2O2S2-. The standard InChI is InChI=1S/C16H14N2O2S2/c1-9-3-5-11(6-4-9)12-7-21-14-13(12)15(18-8-17-14)22-10(2)16(19)20/h3-8,10H,1-2H3,(H,19,20)/p-1/t10-/m0/s1. The number of thiophene rings is 1. The van der Waals surface area contributed by atoms with Crippen LogP contribution in [0.4, 0.5) is 0 Å². The Labute approximate surface area is 136 Å². The predicted octanol–water partition coefficient (Wildman–Crippen LogP) is 2.90. The molecule has 0 saturated heterocycles. The predicted molar refractivity (Wildman–Crippen MR) is 87.9 cm³/mol. The number of aryl methyl sites for hydroxylation is 1. The Bertz CT molecular complexity index is 828. The lowest BCUT2D eigenvalue weighted by atomic mass is 10.1. The summed E-state index contributed by atoms with van der Waals surface area (Å²) in [5.74, 6) is -1.09. The van der Waals surface area contributed by atoms with Crippen molar-refractivity contribution < 1.29 is 9.90 Å². The first-order chi connectivity index (χ1) is 10.6. The topological polar surface area (TPSA) is 65.9 Å². The number of hydrogen-bond donors (Lipinski definition) is 0. The van der Waals surface area contributed by atoms with Gasteiger partial charge in [-0.2, -0.15) is 0 Å². The molecule has 0 amide bonds. The molecular weight excluding hydrogens is 316 g/mol. The summed E-state index contributed by atoms with van der Waals surface area (Å²) in [6.07, 6.45) is 1.47. The summed E-state index contributed by atoms with van der Waals surface area (Å²) in [6, 6.07) is 8.22. The normalized spacial score (nSPS) is 12.5. The van der Waals surface area contributed by atoms with Crippen molar-refractivity contribution in [3.63, 3.8) is 0 Å². The van der Waals surface area contributed by atoms with Crippen molar-refractivity contribution in [1.82, 2.24) is 9.97 Å². The zero-order valence-electron chi connectivity index (χ0n) is 12.1. The Balaban J connectivity index is 2.12. The Morgan fingerprint density at radius 3 is 2.68 bits per heavy atom.